The number of aryl methyl sites for hydroxylation is 1. The SMILES string of the molecule is C=CC(=C)c1cc(C(N)(c2ccccc2)c2sc3ccccc3c2N=C)ccc1N(C1=CC=CC1)C(C)C.CC.CC1C=CC=CC1.Cc1ccc2c(c1)C(C)(C)c1ccccc1-2. The van der Waals surface area contributed by atoms with Crippen LogP contribution >= 0.6 is 11.3 Å². The molecule has 0 fully saturated rings. The van der Waals surface area contributed by atoms with Gasteiger partial charge in [0.25, 0.3) is 0 Å². The molecule has 1 aromatic heterocycles. The first-order valence-electron chi connectivity index (χ1n) is 22.4. The first-order chi connectivity index (χ1) is 30.4. The Morgan fingerprint density at radius 1 is 0.841 bits per heavy atom. The van der Waals surface area contributed by atoms with Crippen LogP contribution in [0.4, 0.5) is 11.4 Å². The summed E-state index contributed by atoms with van der Waals surface area (Å²) >= 11 is 1.67. The highest BCUT2D eigenvalue weighted by Crippen LogP contribution is 2.50. The van der Waals surface area contributed by atoms with E-state index in [1.165, 1.54) is 39.9 Å². The predicted molar refractivity (Wildman–Crippen MR) is 279 cm³/mol. The van der Waals surface area contributed by atoms with E-state index in [1.54, 1.807) is 11.3 Å². The van der Waals surface area contributed by atoms with Crippen molar-refractivity contribution in [1.29, 1.82) is 0 Å². The molecular formula is C59H65N3S. The topological polar surface area (TPSA) is 41.6 Å². The van der Waals surface area contributed by atoms with Crippen molar-refractivity contribution >= 4 is 45.1 Å². The van der Waals surface area contributed by atoms with Crippen LogP contribution in [0.1, 0.15) is 99.6 Å². The number of hydrogen-bond acceptors (Lipinski definition) is 4. The van der Waals surface area contributed by atoms with Crippen LogP contribution in [0, 0.1) is 12.8 Å². The van der Waals surface area contributed by atoms with Gasteiger partial charge >= 0.3 is 0 Å². The second-order valence-electron chi connectivity index (χ2n) is 17.1. The second kappa shape index (κ2) is 20.4. The summed E-state index contributed by atoms with van der Waals surface area (Å²) in [5, 5.41) is 1.06. The Bertz CT molecular complexity index is 2700. The number of benzene rings is 5. The fourth-order valence-corrected chi connectivity index (χ4v) is 10.2. The molecule has 4 heteroatoms. The lowest BCUT2D eigenvalue weighted by atomic mass is 9.80. The maximum absolute atomic E-state index is 7.55. The molecule has 9 rings (SSSR count). The molecule has 2 unspecified atom stereocenters. The summed E-state index contributed by atoms with van der Waals surface area (Å²) in [4.78, 5) is 7.84. The molecule has 0 radical (unpaired) electrons. The molecule has 3 aliphatic carbocycles. The van der Waals surface area contributed by atoms with Gasteiger partial charge in [0, 0.05) is 44.9 Å². The van der Waals surface area contributed by atoms with E-state index >= 15 is 0 Å². The smallest absolute Gasteiger partial charge is 0.104 e. The molecule has 0 aliphatic heterocycles. The molecule has 3 nitrogen and oxygen atoms in total. The minimum Gasteiger partial charge on any atom is -0.342 e. The van der Waals surface area contributed by atoms with Gasteiger partial charge in [-0.2, -0.15) is 0 Å². The van der Waals surface area contributed by atoms with E-state index < -0.39 is 5.54 Å². The molecule has 0 saturated heterocycles. The maximum atomic E-state index is 7.55. The Labute approximate surface area is 382 Å². The van der Waals surface area contributed by atoms with Crippen molar-refractivity contribution < 1.29 is 0 Å². The highest BCUT2D eigenvalue weighted by Gasteiger charge is 2.38. The Morgan fingerprint density at radius 3 is 2.17 bits per heavy atom. The zero-order chi connectivity index (χ0) is 45.3. The average molecular weight is 848 g/mol. The number of anilines is 1. The number of hydrogen-bond donors (Lipinski definition) is 1. The molecule has 1 heterocycles. The van der Waals surface area contributed by atoms with Crippen molar-refractivity contribution in [2.45, 2.75) is 85.2 Å². The van der Waals surface area contributed by atoms with Crippen LogP contribution in [0.2, 0.25) is 0 Å². The molecular weight excluding hydrogens is 783 g/mol. The van der Waals surface area contributed by atoms with Crippen molar-refractivity contribution in [3.8, 4) is 11.1 Å². The fraction of sp³-hybridized carbons (Fsp3) is 0.237. The maximum Gasteiger partial charge on any atom is 0.104 e. The van der Waals surface area contributed by atoms with Gasteiger partial charge in [-0.15, -0.1) is 11.3 Å². The lowest BCUT2D eigenvalue weighted by Crippen LogP contribution is -2.39. The van der Waals surface area contributed by atoms with Gasteiger partial charge in [-0.1, -0.05) is 193 Å². The van der Waals surface area contributed by atoms with E-state index in [9.17, 15) is 0 Å². The lowest BCUT2D eigenvalue weighted by Gasteiger charge is -2.35. The standard InChI is InChI=1S/C34H33N3S.C16H16.C7H10.C2H6/c1-6-24(4)29-22-26(20-21-30(29)37(23(2)3)27-16-10-11-17-27)34(35,25-14-8-7-9-15-25)33-32(36-5)28-18-12-13-19-31(28)38-33;1-11-8-9-13-12-6-4-5-7-14(12)16(2,3)15(13)10-11;1-7-5-3-2-4-6-7;1-2/h6-16,18-23H,1,4-5,17,35H2,2-3H3;4-10H,1-3H3;2-5,7H,6H2,1H3;1-2H3. The molecule has 0 spiro atoms. The summed E-state index contributed by atoms with van der Waals surface area (Å²) in [6.45, 7) is 29.8. The van der Waals surface area contributed by atoms with Gasteiger partial charge < -0.3 is 10.6 Å². The number of nitrogens with zero attached hydrogens (tertiary/aromatic N) is 2. The third kappa shape index (κ3) is 9.49. The zero-order valence-electron chi connectivity index (χ0n) is 38.7. The van der Waals surface area contributed by atoms with Crippen molar-refractivity contribution in [3.63, 3.8) is 0 Å². The van der Waals surface area contributed by atoms with Crippen molar-refractivity contribution in [2.24, 2.45) is 16.6 Å². The van der Waals surface area contributed by atoms with Gasteiger partial charge in [0.05, 0.1) is 10.6 Å². The van der Waals surface area contributed by atoms with Crippen LogP contribution in [0.25, 0.3) is 26.8 Å². The number of nitrogens with two attached hydrogens (primary N) is 1. The van der Waals surface area contributed by atoms with Gasteiger partial charge in [-0.3, -0.25) is 4.99 Å². The Morgan fingerprint density at radius 2 is 1.54 bits per heavy atom. The average Bonchev–Trinajstić information content (AvgIpc) is 4.04. The minimum atomic E-state index is -0.951. The van der Waals surface area contributed by atoms with Gasteiger partial charge in [-0.25, -0.2) is 0 Å². The Balaban J connectivity index is 0.000000214. The van der Waals surface area contributed by atoms with Crippen LogP contribution in [-0.2, 0) is 11.0 Å². The number of fused-ring (bicyclic) bond motifs is 4. The van der Waals surface area contributed by atoms with E-state index in [4.69, 9.17) is 5.73 Å². The van der Waals surface area contributed by atoms with E-state index in [0.717, 1.165) is 60.9 Å². The van der Waals surface area contributed by atoms with Gasteiger partial charge in [0.15, 0.2) is 0 Å². The molecule has 2 N–H and O–H groups in total. The fourth-order valence-electron chi connectivity index (χ4n) is 8.85. The van der Waals surface area contributed by atoms with Crippen LogP contribution in [-0.4, -0.2) is 12.8 Å². The minimum absolute atomic E-state index is 0.151. The molecule has 0 amide bonds. The third-order valence-electron chi connectivity index (χ3n) is 12.1. The quantitative estimate of drug-likeness (QED) is 0.116. The Hall–Kier alpha value is -6.07. The molecule has 0 saturated carbocycles. The summed E-state index contributed by atoms with van der Waals surface area (Å²) in [5.41, 5.74) is 20.8. The van der Waals surface area contributed by atoms with Gasteiger partial charge in [0.2, 0.25) is 0 Å². The first-order valence-corrected chi connectivity index (χ1v) is 23.2. The molecule has 5 aromatic carbocycles. The third-order valence-corrected chi connectivity index (χ3v) is 13.4. The van der Waals surface area contributed by atoms with Crippen molar-refractivity contribution in [1.82, 2.24) is 0 Å². The van der Waals surface area contributed by atoms with Gasteiger partial charge in [0.1, 0.15) is 5.54 Å². The molecule has 63 heavy (non-hydrogen) atoms. The predicted octanol–water partition coefficient (Wildman–Crippen LogP) is 16.2. The number of rotatable bonds is 9. The molecule has 2 atom stereocenters. The zero-order valence-corrected chi connectivity index (χ0v) is 39.5. The number of allylic oxidation sites excluding steroid dienone is 9. The highest BCUT2D eigenvalue weighted by atomic mass is 32.1. The van der Waals surface area contributed by atoms with Crippen molar-refractivity contribution in [3.05, 3.63) is 221 Å². The number of aliphatic imine (C=N–C) groups is 1. The largest absolute Gasteiger partial charge is 0.342 e. The lowest BCUT2D eigenvalue weighted by molar-refractivity contribution is 0.660. The molecule has 322 valence electrons. The van der Waals surface area contributed by atoms with E-state index in [1.807, 2.05) is 50.3 Å². The van der Waals surface area contributed by atoms with Crippen LogP contribution < -0.4 is 10.6 Å². The molecule has 6 aromatic rings. The highest BCUT2D eigenvalue weighted by molar-refractivity contribution is 7.20. The van der Waals surface area contributed by atoms with Crippen LogP contribution in [0.3, 0.4) is 0 Å². The van der Waals surface area contributed by atoms with E-state index in [2.05, 4.69) is 199 Å². The van der Waals surface area contributed by atoms with Crippen LogP contribution in [0.5, 0.6) is 0 Å². The van der Waals surface area contributed by atoms with E-state index in [-0.39, 0.29) is 11.5 Å². The molecule has 3 aliphatic rings. The monoisotopic (exact) mass is 847 g/mol. The second-order valence-corrected chi connectivity index (χ2v) is 18.1. The summed E-state index contributed by atoms with van der Waals surface area (Å²) in [5.74, 6) is 0.769. The van der Waals surface area contributed by atoms with Crippen molar-refractivity contribution in [2.75, 3.05) is 4.90 Å². The first kappa shape index (κ1) is 46.4. The summed E-state index contributed by atoms with van der Waals surface area (Å²) in [6, 6.07) is 40.8. The normalized spacial score (nSPS) is 15.9. The summed E-state index contributed by atoms with van der Waals surface area (Å²) in [6.07, 6.45) is 19.1. The Kier molecular flexibility index (Phi) is 15.0. The number of thiophene rings is 1. The van der Waals surface area contributed by atoms with Gasteiger partial charge in [-0.05, 0) is 103 Å². The summed E-state index contributed by atoms with van der Waals surface area (Å²) < 4.78 is 1.13. The van der Waals surface area contributed by atoms with E-state index in [0.29, 0.717) is 0 Å². The molecule has 0 bridgehead atoms. The van der Waals surface area contributed by atoms with Crippen LogP contribution in [0.15, 0.2) is 188 Å². The summed E-state index contributed by atoms with van der Waals surface area (Å²) in [7, 11) is 0.